The van der Waals surface area contributed by atoms with Crippen molar-refractivity contribution in [2.45, 2.75) is 13.0 Å². The van der Waals surface area contributed by atoms with E-state index in [2.05, 4.69) is 0 Å². The van der Waals surface area contributed by atoms with Gasteiger partial charge in [0.15, 0.2) is 0 Å². The van der Waals surface area contributed by atoms with Crippen LogP contribution in [0, 0.1) is 6.92 Å². The fraction of sp³-hybridized carbons (Fsp3) is 0.333. The molecule has 1 rings (SSSR count). The van der Waals surface area contributed by atoms with Gasteiger partial charge in [0.05, 0.1) is 6.16 Å². The maximum Gasteiger partial charge on any atom is 0.327 e. The Morgan fingerprint density at radius 2 is 1.86 bits per heavy atom. The highest BCUT2D eigenvalue weighted by molar-refractivity contribution is 7.51. The van der Waals surface area contributed by atoms with Gasteiger partial charge in [0.1, 0.15) is 0 Å². The molecule has 0 saturated carbocycles. The van der Waals surface area contributed by atoms with Gasteiger partial charge in [0.2, 0.25) is 0 Å². The number of benzene rings is 1. The van der Waals surface area contributed by atoms with Gasteiger partial charge < -0.3 is 15.5 Å². The average molecular weight is 215 g/mol. The normalized spacial score (nSPS) is 14.0. The van der Waals surface area contributed by atoms with Crippen LogP contribution < -0.4 is 5.73 Å². The topological polar surface area (TPSA) is 83.6 Å². The van der Waals surface area contributed by atoms with Crippen LogP contribution in [-0.4, -0.2) is 15.9 Å². The van der Waals surface area contributed by atoms with Crippen molar-refractivity contribution in [2.24, 2.45) is 5.73 Å². The Hall–Kier alpha value is -0.670. The lowest BCUT2D eigenvalue weighted by Gasteiger charge is -2.12. The molecule has 0 aliphatic heterocycles. The lowest BCUT2D eigenvalue weighted by Crippen LogP contribution is -2.14. The molecule has 0 spiro atoms. The molecule has 14 heavy (non-hydrogen) atoms. The van der Waals surface area contributed by atoms with Crippen molar-refractivity contribution in [3.8, 4) is 0 Å². The van der Waals surface area contributed by atoms with Crippen molar-refractivity contribution in [3.63, 3.8) is 0 Å². The van der Waals surface area contributed by atoms with E-state index in [1.54, 1.807) is 12.1 Å². The Kier molecular flexibility index (Phi) is 3.45. The van der Waals surface area contributed by atoms with Crippen LogP contribution in [0.3, 0.4) is 0 Å². The Morgan fingerprint density at radius 1 is 1.36 bits per heavy atom. The maximum absolute atomic E-state index is 10.7. The van der Waals surface area contributed by atoms with E-state index in [-0.39, 0.29) is 6.16 Å². The zero-order valence-corrected chi connectivity index (χ0v) is 8.82. The summed E-state index contributed by atoms with van der Waals surface area (Å²) in [6.07, 6.45) is -0.309. The Labute approximate surface area is 82.9 Å². The highest BCUT2D eigenvalue weighted by Crippen LogP contribution is 2.38. The van der Waals surface area contributed by atoms with Crippen LogP contribution in [0.1, 0.15) is 17.2 Å². The molecule has 78 valence electrons. The minimum atomic E-state index is -4.02. The zero-order valence-electron chi connectivity index (χ0n) is 7.92. The summed E-state index contributed by atoms with van der Waals surface area (Å²) in [6, 6.07) is 6.71. The molecule has 1 atom stereocenters. The lowest BCUT2D eigenvalue weighted by atomic mass is 10.1. The monoisotopic (exact) mass is 215 g/mol. The summed E-state index contributed by atoms with van der Waals surface area (Å²) in [4.78, 5) is 17.5. The molecule has 0 aliphatic rings. The van der Waals surface area contributed by atoms with Crippen LogP contribution in [0.5, 0.6) is 0 Å². The molecule has 0 fully saturated rings. The molecule has 0 saturated heterocycles. The van der Waals surface area contributed by atoms with Gasteiger partial charge in [-0.3, -0.25) is 4.57 Å². The summed E-state index contributed by atoms with van der Waals surface area (Å²) in [5.74, 6) is 0. The van der Waals surface area contributed by atoms with E-state index >= 15 is 0 Å². The van der Waals surface area contributed by atoms with Crippen molar-refractivity contribution in [3.05, 3.63) is 35.4 Å². The second kappa shape index (κ2) is 4.24. The van der Waals surface area contributed by atoms with E-state index < -0.39 is 13.6 Å². The maximum atomic E-state index is 10.7. The summed E-state index contributed by atoms with van der Waals surface area (Å²) in [5.41, 5.74) is 7.48. The molecular weight excluding hydrogens is 201 g/mol. The van der Waals surface area contributed by atoms with E-state index in [1.165, 1.54) is 0 Å². The third-order valence-corrected chi connectivity index (χ3v) is 2.81. The number of nitrogens with two attached hydrogens (primary N) is 1. The van der Waals surface area contributed by atoms with Crippen LogP contribution in [0.15, 0.2) is 24.3 Å². The third kappa shape index (κ3) is 3.60. The number of rotatable bonds is 3. The van der Waals surface area contributed by atoms with Crippen molar-refractivity contribution in [1.82, 2.24) is 0 Å². The van der Waals surface area contributed by atoms with Crippen LogP contribution in [0.4, 0.5) is 0 Å². The van der Waals surface area contributed by atoms with E-state index in [0.29, 0.717) is 0 Å². The minimum absolute atomic E-state index is 0.309. The van der Waals surface area contributed by atoms with E-state index in [0.717, 1.165) is 11.1 Å². The molecule has 0 aromatic heterocycles. The molecule has 0 aliphatic carbocycles. The molecule has 4 N–H and O–H groups in total. The molecule has 1 unspecified atom stereocenters. The van der Waals surface area contributed by atoms with Crippen LogP contribution >= 0.6 is 7.60 Å². The predicted molar refractivity (Wildman–Crippen MR) is 55.0 cm³/mol. The Morgan fingerprint density at radius 3 is 2.29 bits per heavy atom. The molecular formula is C9H14NO3P. The molecule has 0 heterocycles. The van der Waals surface area contributed by atoms with Crippen molar-refractivity contribution >= 4 is 7.60 Å². The third-order valence-electron chi connectivity index (χ3n) is 1.94. The largest absolute Gasteiger partial charge is 0.327 e. The molecule has 1 aromatic carbocycles. The Bertz CT molecular complexity index is 344. The van der Waals surface area contributed by atoms with Gasteiger partial charge >= 0.3 is 7.60 Å². The summed E-state index contributed by atoms with van der Waals surface area (Å²) >= 11 is 0. The van der Waals surface area contributed by atoms with E-state index in [1.807, 2.05) is 19.1 Å². The summed E-state index contributed by atoms with van der Waals surface area (Å²) in [7, 11) is -4.02. The van der Waals surface area contributed by atoms with Crippen molar-refractivity contribution in [1.29, 1.82) is 0 Å². The summed E-state index contributed by atoms with van der Waals surface area (Å²) < 4.78 is 10.7. The first-order valence-electron chi connectivity index (χ1n) is 4.25. The lowest BCUT2D eigenvalue weighted by molar-refractivity contribution is 0.369. The van der Waals surface area contributed by atoms with Gasteiger partial charge in [0, 0.05) is 6.04 Å². The first-order valence-corrected chi connectivity index (χ1v) is 6.05. The minimum Gasteiger partial charge on any atom is -0.324 e. The van der Waals surface area contributed by atoms with Gasteiger partial charge in [-0.2, -0.15) is 0 Å². The van der Waals surface area contributed by atoms with Gasteiger partial charge in [-0.05, 0) is 12.5 Å². The van der Waals surface area contributed by atoms with Gasteiger partial charge in [-0.15, -0.1) is 0 Å². The van der Waals surface area contributed by atoms with Gasteiger partial charge in [-0.25, -0.2) is 0 Å². The van der Waals surface area contributed by atoms with E-state index in [9.17, 15) is 4.57 Å². The van der Waals surface area contributed by atoms with E-state index in [4.69, 9.17) is 15.5 Å². The molecule has 4 nitrogen and oxygen atoms in total. The van der Waals surface area contributed by atoms with Crippen molar-refractivity contribution in [2.75, 3.05) is 6.16 Å². The molecule has 0 radical (unpaired) electrons. The highest BCUT2D eigenvalue weighted by atomic mass is 31.2. The summed E-state index contributed by atoms with van der Waals surface area (Å²) in [6.45, 7) is 1.94. The molecule has 0 amide bonds. The molecule has 5 heteroatoms. The van der Waals surface area contributed by atoms with Gasteiger partial charge in [-0.1, -0.05) is 29.8 Å². The molecule has 0 bridgehead atoms. The van der Waals surface area contributed by atoms with Crippen molar-refractivity contribution < 1.29 is 14.4 Å². The zero-order chi connectivity index (χ0) is 10.8. The van der Waals surface area contributed by atoms with Crippen LogP contribution in [-0.2, 0) is 4.57 Å². The average Bonchev–Trinajstić information content (AvgIpc) is 2.02. The summed E-state index contributed by atoms with van der Waals surface area (Å²) in [5, 5.41) is 0. The number of hydrogen-bond donors (Lipinski definition) is 3. The van der Waals surface area contributed by atoms with Gasteiger partial charge in [0.25, 0.3) is 0 Å². The predicted octanol–water partition coefficient (Wildman–Crippen LogP) is 1.17. The number of aryl methyl sites for hydroxylation is 1. The fourth-order valence-corrected chi connectivity index (χ4v) is 1.90. The second-order valence-electron chi connectivity index (χ2n) is 3.36. The quantitative estimate of drug-likeness (QED) is 0.661. The standard InChI is InChI=1S/C9H14NO3P/c1-7-2-4-8(5-3-7)9(10)6-14(11,12)13/h2-5,9H,6,10H2,1H3,(H2,11,12,13). The first kappa shape index (κ1) is 11.4. The fourth-order valence-electron chi connectivity index (χ4n) is 1.18. The first-order chi connectivity index (χ1) is 6.38. The van der Waals surface area contributed by atoms with Crippen LogP contribution in [0.2, 0.25) is 0 Å². The number of hydrogen-bond acceptors (Lipinski definition) is 2. The second-order valence-corrected chi connectivity index (χ2v) is 5.06. The Balaban J connectivity index is 2.75. The highest BCUT2D eigenvalue weighted by Gasteiger charge is 2.19. The SMILES string of the molecule is Cc1ccc(C(N)CP(=O)(O)O)cc1. The smallest absolute Gasteiger partial charge is 0.324 e. The van der Waals surface area contributed by atoms with Crippen LogP contribution in [0.25, 0.3) is 0 Å². The molecule has 1 aromatic rings.